The van der Waals surface area contributed by atoms with Crippen LogP contribution in [0.5, 0.6) is 0 Å². The fourth-order valence-electron chi connectivity index (χ4n) is 1.62. The van der Waals surface area contributed by atoms with Crippen LogP contribution >= 0.6 is 0 Å². The van der Waals surface area contributed by atoms with Crippen LogP contribution in [0.4, 0.5) is 0 Å². The summed E-state index contributed by atoms with van der Waals surface area (Å²) in [5, 5.41) is 0. The molecule has 0 N–H and O–H groups in total. The van der Waals surface area contributed by atoms with Gasteiger partial charge in [0.15, 0.2) is 5.78 Å². The molecule has 0 aromatic rings. The topological polar surface area (TPSA) is 26.3 Å². The highest BCUT2D eigenvalue weighted by molar-refractivity contribution is 5.80. The van der Waals surface area contributed by atoms with E-state index in [1.807, 2.05) is 0 Å². The molecule has 2 heteroatoms. The zero-order valence-corrected chi connectivity index (χ0v) is 8.17. The van der Waals surface area contributed by atoms with E-state index in [2.05, 4.69) is 13.8 Å². The second-order valence-corrected chi connectivity index (χ2v) is 4.01. The molecule has 0 aliphatic carbocycles. The van der Waals surface area contributed by atoms with Crippen LogP contribution in [0.3, 0.4) is 0 Å². The number of carbonyl (C=O) groups excluding carboxylic acids is 1. The molecular formula is C10H18O2. The molecule has 70 valence electrons. The Bertz CT molecular complexity index is 155. The molecule has 2 nitrogen and oxygen atoms in total. The summed E-state index contributed by atoms with van der Waals surface area (Å²) < 4.78 is 5.46. The van der Waals surface area contributed by atoms with Gasteiger partial charge in [-0.2, -0.15) is 0 Å². The minimum absolute atomic E-state index is 0.111. The Morgan fingerprint density at radius 1 is 1.42 bits per heavy atom. The number of hydrogen-bond donors (Lipinski definition) is 0. The maximum absolute atomic E-state index is 11.0. The average Bonchev–Trinajstić information content (AvgIpc) is 2.04. The molecule has 1 rings (SSSR count). The third-order valence-corrected chi connectivity index (χ3v) is 2.71. The SMILES string of the molecule is CC(=O)C1CCC(C(C)C)CO1. The van der Waals surface area contributed by atoms with Gasteiger partial charge in [0.05, 0.1) is 6.61 Å². The number of rotatable bonds is 2. The summed E-state index contributed by atoms with van der Waals surface area (Å²) in [6.45, 7) is 6.80. The Balaban J connectivity index is 2.34. The molecule has 1 aliphatic rings. The second kappa shape index (κ2) is 4.04. The monoisotopic (exact) mass is 170 g/mol. The Morgan fingerprint density at radius 3 is 2.42 bits per heavy atom. The smallest absolute Gasteiger partial charge is 0.158 e. The molecule has 0 aromatic carbocycles. The van der Waals surface area contributed by atoms with Crippen LogP contribution in [-0.2, 0) is 9.53 Å². The van der Waals surface area contributed by atoms with Crippen molar-refractivity contribution in [3.63, 3.8) is 0 Å². The molecule has 12 heavy (non-hydrogen) atoms. The van der Waals surface area contributed by atoms with Gasteiger partial charge in [0.2, 0.25) is 0 Å². The van der Waals surface area contributed by atoms with Gasteiger partial charge < -0.3 is 4.74 Å². The molecule has 1 heterocycles. The van der Waals surface area contributed by atoms with Gasteiger partial charge in [-0.1, -0.05) is 13.8 Å². The van der Waals surface area contributed by atoms with Crippen molar-refractivity contribution in [1.29, 1.82) is 0 Å². The van der Waals surface area contributed by atoms with Gasteiger partial charge >= 0.3 is 0 Å². The zero-order valence-electron chi connectivity index (χ0n) is 8.17. The van der Waals surface area contributed by atoms with Crippen molar-refractivity contribution >= 4 is 5.78 Å². The van der Waals surface area contributed by atoms with Crippen molar-refractivity contribution in [2.24, 2.45) is 11.8 Å². The predicted molar refractivity (Wildman–Crippen MR) is 48.0 cm³/mol. The lowest BCUT2D eigenvalue weighted by Crippen LogP contribution is -2.32. The Labute approximate surface area is 74.3 Å². The van der Waals surface area contributed by atoms with Gasteiger partial charge in [-0.3, -0.25) is 4.79 Å². The van der Waals surface area contributed by atoms with Crippen LogP contribution in [0.15, 0.2) is 0 Å². The Morgan fingerprint density at radius 2 is 2.08 bits per heavy atom. The predicted octanol–water partition coefficient (Wildman–Crippen LogP) is 2.03. The number of ketones is 1. The molecule has 1 fully saturated rings. The fraction of sp³-hybridized carbons (Fsp3) is 0.900. The Hall–Kier alpha value is -0.370. The minimum atomic E-state index is -0.111. The first-order valence-electron chi connectivity index (χ1n) is 4.73. The van der Waals surface area contributed by atoms with Gasteiger partial charge in [-0.15, -0.1) is 0 Å². The highest BCUT2D eigenvalue weighted by atomic mass is 16.5. The summed E-state index contributed by atoms with van der Waals surface area (Å²) in [4.78, 5) is 11.0. The molecule has 0 radical (unpaired) electrons. The maximum atomic E-state index is 11.0. The summed E-state index contributed by atoms with van der Waals surface area (Å²) in [6.07, 6.45) is 1.94. The standard InChI is InChI=1S/C10H18O2/c1-7(2)9-4-5-10(8(3)11)12-6-9/h7,9-10H,4-6H2,1-3H3. The molecule has 2 atom stereocenters. The van der Waals surface area contributed by atoms with E-state index in [0.29, 0.717) is 11.8 Å². The van der Waals surface area contributed by atoms with E-state index >= 15 is 0 Å². The lowest BCUT2D eigenvalue weighted by molar-refractivity contribution is -0.133. The number of hydrogen-bond acceptors (Lipinski definition) is 2. The van der Waals surface area contributed by atoms with Crippen molar-refractivity contribution in [2.75, 3.05) is 6.61 Å². The van der Waals surface area contributed by atoms with Crippen molar-refractivity contribution in [3.05, 3.63) is 0 Å². The normalized spacial score (nSPS) is 30.7. The highest BCUT2D eigenvalue weighted by Gasteiger charge is 2.25. The zero-order chi connectivity index (χ0) is 9.14. The molecule has 2 unspecified atom stereocenters. The van der Waals surface area contributed by atoms with Crippen molar-refractivity contribution in [2.45, 2.75) is 39.7 Å². The first kappa shape index (κ1) is 9.72. The second-order valence-electron chi connectivity index (χ2n) is 4.01. The van der Waals surface area contributed by atoms with Gasteiger partial charge in [-0.25, -0.2) is 0 Å². The van der Waals surface area contributed by atoms with Crippen LogP contribution < -0.4 is 0 Å². The molecule has 1 aliphatic heterocycles. The molecule has 0 bridgehead atoms. The van der Waals surface area contributed by atoms with Crippen LogP contribution in [0.2, 0.25) is 0 Å². The largest absolute Gasteiger partial charge is 0.370 e. The van der Waals surface area contributed by atoms with Crippen LogP contribution in [0.1, 0.15) is 33.6 Å². The molecule has 0 amide bonds. The van der Waals surface area contributed by atoms with E-state index in [1.54, 1.807) is 6.92 Å². The lowest BCUT2D eigenvalue weighted by Gasteiger charge is -2.29. The van der Waals surface area contributed by atoms with E-state index in [0.717, 1.165) is 19.4 Å². The summed E-state index contributed by atoms with van der Waals surface area (Å²) in [5.74, 6) is 1.51. The number of carbonyl (C=O) groups is 1. The molecule has 1 saturated heterocycles. The summed E-state index contributed by atoms with van der Waals surface area (Å²) >= 11 is 0. The fourth-order valence-corrected chi connectivity index (χ4v) is 1.62. The Kier molecular flexibility index (Phi) is 3.27. The highest BCUT2D eigenvalue weighted by Crippen LogP contribution is 2.25. The van der Waals surface area contributed by atoms with Crippen LogP contribution in [0, 0.1) is 11.8 Å². The molecular weight excluding hydrogens is 152 g/mol. The number of Topliss-reactive ketones (excluding diaryl/α,β-unsaturated/α-hetero) is 1. The van der Waals surface area contributed by atoms with E-state index < -0.39 is 0 Å². The van der Waals surface area contributed by atoms with E-state index in [-0.39, 0.29) is 11.9 Å². The summed E-state index contributed by atoms with van der Waals surface area (Å²) in [5.41, 5.74) is 0. The average molecular weight is 170 g/mol. The van der Waals surface area contributed by atoms with Crippen LogP contribution in [0.25, 0.3) is 0 Å². The van der Waals surface area contributed by atoms with E-state index in [1.165, 1.54) is 0 Å². The van der Waals surface area contributed by atoms with Gasteiger partial charge in [0.1, 0.15) is 6.10 Å². The third-order valence-electron chi connectivity index (χ3n) is 2.71. The maximum Gasteiger partial charge on any atom is 0.158 e. The first-order valence-corrected chi connectivity index (χ1v) is 4.73. The molecule has 0 spiro atoms. The van der Waals surface area contributed by atoms with Gasteiger partial charge in [0, 0.05) is 0 Å². The molecule has 0 saturated carbocycles. The van der Waals surface area contributed by atoms with Gasteiger partial charge in [-0.05, 0) is 31.6 Å². The van der Waals surface area contributed by atoms with Crippen LogP contribution in [-0.4, -0.2) is 18.5 Å². The quantitative estimate of drug-likeness (QED) is 0.633. The van der Waals surface area contributed by atoms with E-state index in [9.17, 15) is 4.79 Å². The summed E-state index contributed by atoms with van der Waals surface area (Å²) in [7, 11) is 0. The summed E-state index contributed by atoms with van der Waals surface area (Å²) in [6, 6.07) is 0. The molecule has 0 aromatic heterocycles. The van der Waals surface area contributed by atoms with Crippen molar-refractivity contribution in [1.82, 2.24) is 0 Å². The first-order chi connectivity index (χ1) is 5.61. The number of ether oxygens (including phenoxy) is 1. The van der Waals surface area contributed by atoms with Gasteiger partial charge in [0.25, 0.3) is 0 Å². The van der Waals surface area contributed by atoms with Crippen molar-refractivity contribution < 1.29 is 9.53 Å². The third kappa shape index (κ3) is 2.31. The minimum Gasteiger partial charge on any atom is -0.370 e. The van der Waals surface area contributed by atoms with E-state index in [4.69, 9.17) is 4.74 Å². The van der Waals surface area contributed by atoms with Crippen molar-refractivity contribution in [3.8, 4) is 0 Å². The lowest BCUT2D eigenvalue weighted by atomic mass is 9.88.